The third-order valence-electron chi connectivity index (χ3n) is 7.63. The van der Waals surface area contributed by atoms with Crippen LogP contribution < -0.4 is 15.4 Å². The number of aryl methyl sites for hydroxylation is 4. The van der Waals surface area contributed by atoms with Crippen LogP contribution in [-0.4, -0.2) is 62.7 Å². The van der Waals surface area contributed by atoms with Gasteiger partial charge in [0.25, 0.3) is 5.91 Å². The zero-order valence-electron chi connectivity index (χ0n) is 24.9. The molecule has 2 atom stereocenters. The van der Waals surface area contributed by atoms with Crippen LogP contribution in [-0.2, 0) is 19.9 Å². The maximum absolute atomic E-state index is 13.1. The smallest absolute Gasteiger partial charge is 0.251 e. The summed E-state index contributed by atoms with van der Waals surface area (Å²) in [4.78, 5) is 13.0. The van der Waals surface area contributed by atoms with Crippen molar-refractivity contribution in [2.75, 3.05) is 23.4 Å². The normalized spacial score (nSPS) is 17.2. The number of hydrogen-bond donors (Lipinski definition) is 3. The number of aromatic nitrogens is 2. The molecule has 1 aliphatic heterocycles. The van der Waals surface area contributed by atoms with E-state index >= 15 is 0 Å². The van der Waals surface area contributed by atoms with Gasteiger partial charge in [-0.3, -0.25) is 4.79 Å². The number of sulfonamides is 1. The van der Waals surface area contributed by atoms with Crippen LogP contribution in [0.25, 0.3) is 16.6 Å². The van der Waals surface area contributed by atoms with Crippen molar-refractivity contribution in [3.63, 3.8) is 0 Å². The van der Waals surface area contributed by atoms with Crippen LogP contribution in [0.2, 0.25) is 0 Å². The van der Waals surface area contributed by atoms with Crippen LogP contribution in [0, 0.1) is 27.7 Å². The molecule has 4 aromatic rings. The summed E-state index contributed by atoms with van der Waals surface area (Å²) in [6.07, 6.45) is 2.19. The molecule has 0 radical (unpaired) electrons. The third kappa shape index (κ3) is 6.76. The highest BCUT2D eigenvalue weighted by molar-refractivity contribution is 7.91. The average molecular weight is 624 g/mol. The van der Waals surface area contributed by atoms with Crippen molar-refractivity contribution in [1.82, 2.24) is 19.8 Å². The Kier molecular flexibility index (Phi) is 8.39. The topological polar surface area (TPSA) is 139 Å². The fraction of sp³-hybridized carbons (Fsp3) is 0.355. The van der Waals surface area contributed by atoms with E-state index in [1.54, 1.807) is 35.1 Å². The highest BCUT2D eigenvalue weighted by Gasteiger charge is 2.29. The Morgan fingerprint density at radius 1 is 1.02 bits per heavy atom. The minimum absolute atomic E-state index is 0.0254. The molecule has 1 amide bonds. The van der Waals surface area contributed by atoms with Gasteiger partial charge in [-0.1, -0.05) is 17.7 Å². The summed E-state index contributed by atoms with van der Waals surface area (Å²) < 4.78 is 54.3. The lowest BCUT2D eigenvalue weighted by molar-refractivity contribution is 0.0941. The number of carbonyl (C=O) groups excluding carboxylic acids is 1. The minimum Gasteiger partial charge on any atom is -0.381 e. The number of hydrogen-bond acceptors (Lipinski definition) is 7. The number of benzene rings is 3. The fourth-order valence-electron chi connectivity index (χ4n) is 5.74. The molecule has 3 aromatic carbocycles. The van der Waals surface area contributed by atoms with Crippen LogP contribution in [0.4, 0.5) is 5.69 Å². The molecule has 0 bridgehead atoms. The molecular formula is C31H37N5O5S2. The molecular weight excluding hydrogens is 587 g/mol. The first-order valence-corrected chi connectivity index (χ1v) is 17.5. The zero-order valence-corrected chi connectivity index (χ0v) is 26.6. The van der Waals surface area contributed by atoms with Crippen molar-refractivity contribution in [2.24, 2.45) is 0 Å². The largest absolute Gasteiger partial charge is 0.381 e. The van der Waals surface area contributed by atoms with Gasteiger partial charge in [0.1, 0.15) is 0 Å². The summed E-state index contributed by atoms with van der Waals surface area (Å²) in [5, 5.41) is 11.7. The standard InChI is InChI=1S/C31H37N5O5S2/c1-19-12-21(3)30(22(4)13-19)43(40,41)33-16-23(5)34-28-14-20(2)15-29-27(28)17-32-36(29)26-8-6-24(7-9-26)31(37)35-25-10-11-42(38,39)18-25/h6-9,12-15,17,23,25,33-34H,10-11,16,18H2,1-5H3,(H,35,37)/t23-,25?/m1/s1. The van der Waals surface area contributed by atoms with Crippen molar-refractivity contribution in [3.05, 3.63) is 82.5 Å². The van der Waals surface area contributed by atoms with Crippen LogP contribution in [0.15, 0.2) is 59.6 Å². The highest BCUT2D eigenvalue weighted by atomic mass is 32.2. The predicted molar refractivity (Wildman–Crippen MR) is 169 cm³/mol. The number of carbonyl (C=O) groups is 1. The monoisotopic (exact) mass is 623 g/mol. The number of rotatable bonds is 9. The third-order valence-corrected chi connectivity index (χ3v) is 11.1. The molecule has 0 saturated carbocycles. The van der Waals surface area contributed by atoms with Crippen molar-refractivity contribution >= 4 is 42.4 Å². The summed E-state index contributed by atoms with van der Waals surface area (Å²) in [7, 11) is -6.78. The molecule has 0 spiro atoms. The first kappa shape index (κ1) is 30.7. The van der Waals surface area contributed by atoms with Gasteiger partial charge < -0.3 is 10.6 Å². The number of nitrogens with one attached hydrogen (secondary N) is 3. The lowest BCUT2D eigenvalue weighted by Gasteiger charge is -2.19. The molecule has 1 saturated heterocycles. The molecule has 0 aliphatic carbocycles. The van der Waals surface area contributed by atoms with Crippen molar-refractivity contribution in [1.29, 1.82) is 0 Å². The van der Waals surface area contributed by atoms with Gasteiger partial charge in [0, 0.05) is 35.3 Å². The van der Waals surface area contributed by atoms with Gasteiger partial charge in [0.2, 0.25) is 10.0 Å². The Morgan fingerprint density at radius 2 is 1.67 bits per heavy atom. The van der Waals surface area contributed by atoms with E-state index in [-0.39, 0.29) is 36.0 Å². The maximum atomic E-state index is 13.1. The SMILES string of the molecule is Cc1cc(C)c(S(=O)(=O)NC[C@@H](C)Nc2cc(C)cc3c2cnn3-c2ccc(C(=O)NC3CCS(=O)(=O)C3)cc2)c(C)c1. The quantitative estimate of drug-likeness (QED) is 0.257. The van der Waals surface area contributed by atoms with Gasteiger partial charge in [-0.25, -0.2) is 26.2 Å². The van der Waals surface area contributed by atoms with E-state index < -0.39 is 19.9 Å². The van der Waals surface area contributed by atoms with Crippen molar-refractivity contribution in [2.45, 2.75) is 58.0 Å². The molecule has 43 heavy (non-hydrogen) atoms. The van der Waals surface area contributed by atoms with Gasteiger partial charge in [0.05, 0.1) is 33.8 Å². The molecule has 10 nitrogen and oxygen atoms in total. The summed E-state index contributed by atoms with van der Waals surface area (Å²) in [5.74, 6) is -0.234. The summed E-state index contributed by atoms with van der Waals surface area (Å²) in [5.41, 5.74) is 6.35. The van der Waals surface area contributed by atoms with E-state index in [0.717, 1.165) is 44.5 Å². The van der Waals surface area contributed by atoms with Gasteiger partial charge >= 0.3 is 0 Å². The van der Waals surface area contributed by atoms with Gasteiger partial charge in [-0.15, -0.1) is 0 Å². The summed E-state index contributed by atoms with van der Waals surface area (Å²) in [6.45, 7) is 9.66. The molecule has 1 fully saturated rings. The minimum atomic E-state index is -3.69. The molecule has 3 N–H and O–H groups in total. The first-order valence-electron chi connectivity index (χ1n) is 14.2. The Labute approximate surface area is 252 Å². The Hall–Kier alpha value is -3.74. The molecule has 1 unspecified atom stereocenters. The van der Waals surface area contributed by atoms with Crippen LogP contribution in [0.3, 0.4) is 0 Å². The second kappa shape index (κ2) is 11.7. The molecule has 1 aliphatic rings. The lowest BCUT2D eigenvalue weighted by Crippen LogP contribution is -2.35. The zero-order chi connectivity index (χ0) is 31.1. The van der Waals surface area contributed by atoms with Crippen LogP contribution in [0.1, 0.15) is 46.0 Å². The van der Waals surface area contributed by atoms with E-state index in [0.29, 0.717) is 16.9 Å². The van der Waals surface area contributed by atoms with Gasteiger partial charge in [-0.05, 0) is 94.1 Å². The van der Waals surface area contributed by atoms with E-state index in [9.17, 15) is 21.6 Å². The van der Waals surface area contributed by atoms with Crippen LogP contribution in [0.5, 0.6) is 0 Å². The Balaban J connectivity index is 1.30. The number of sulfone groups is 1. The molecule has 12 heteroatoms. The molecule has 228 valence electrons. The van der Waals surface area contributed by atoms with E-state index in [2.05, 4.69) is 20.5 Å². The van der Waals surface area contributed by atoms with E-state index in [1.165, 1.54) is 0 Å². The Bertz CT molecular complexity index is 1890. The average Bonchev–Trinajstić information content (AvgIpc) is 3.49. The van der Waals surface area contributed by atoms with Crippen molar-refractivity contribution in [3.8, 4) is 5.69 Å². The first-order chi connectivity index (χ1) is 20.2. The lowest BCUT2D eigenvalue weighted by atomic mass is 10.1. The molecule has 2 heterocycles. The number of fused-ring (bicyclic) bond motifs is 1. The molecule has 5 rings (SSSR count). The fourth-order valence-corrected chi connectivity index (χ4v) is 8.99. The van der Waals surface area contributed by atoms with E-state index in [1.807, 2.05) is 58.9 Å². The molecule has 1 aromatic heterocycles. The van der Waals surface area contributed by atoms with Gasteiger partial charge in [0.15, 0.2) is 9.84 Å². The number of anilines is 1. The van der Waals surface area contributed by atoms with Crippen molar-refractivity contribution < 1.29 is 21.6 Å². The van der Waals surface area contributed by atoms with E-state index in [4.69, 9.17) is 0 Å². The summed E-state index contributed by atoms with van der Waals surface area (Å²) in [6, 6.07) is 14.2. The highest BCUT2D eigenvalue weighted by Crippen LogP contribution is 2.28. The van der Waals surface area contributed by atoms with Crippen LogP contribution >= 0.6 is 0 Å². The number of amides is 1. The Morgan fingerprint density at radius 3 is 2.30 bits per heavy atom. The summed E-state index contributed by atoms with van der Waals surface area (Å²) >= 11 is 0. The maximum Gasteiger partial charge on any atom is 0.251 e. The number of nitrogens with zero attached hydrogens (tertiary/aromatic N) is 2. The second-order valence-electron chi connectivity index (χ2n) is 11.5. The predicted octanol–water partition coefficient (Wildman–Crippen LogP) is 3.95. The second-order valence-corrected chi connectivity index (χ2v) is 15.5. The van der Waals surface area contributed by atoms with Gasteiger partial charge in [-0.2, -0.15) is 5.10 Å².